The molecule has 0 bridgehead atoms. The molecule has 174 valence electrons. The Morgan fingerprint density at radius 1 is 1.18 bits per heavy atom. The summed E-state index contributed by atoms with van der Waals surface area (Å²) in [6.45, 7) is 0.480. The fourth-order valence-electron chi connectivity index (χ4n) is 4.02. The van der Waals surface area contributed by atoms with Crippen LogP contribution >= 0.6 is 11.6 Å². The number of carbonyl (C=O) groups is 1. The molecule has 1 aliphatic heterocycles. The summed E-state index contributed by atoms with van der Waals surface area (Å²) < 4.78 is 11.5. The zero-order valence-corrected chi connectivity index (χ0v) is 19.0. The van der Waals surface area contributed by atoms with Crippen LogP contribution in [0.3, 0.4) is 0 Å². The number of aliphatic hydroxyl groups excluding tert-OH is 1. The minimum Gasteiger partial charge on any atom is -0.457 e. The third-order valence-electron chi connectivity index (χ3n) is 5.78. The third-order valence-corrected chi connectivity index (χ3v) is 6.09. The molecule has 4 aromatic rings. The van der Waals surface area contributed by atoms with Crippen molar-refractivity contribution in [1.29, 1.82) is 0 Å². The number of ether oxygens (including phenoxy) is 2. The van der Waals surface area contributed by atoms with Crippen molar-refractivity contribution in [3.8, 4) is 11.5 Å². The first kappa shape index (κ1) is 22.3. The van der Waals surface area contributed by atoms with Crippen LogP contribution in [-0.2, 0) is 4.74 Å². The molecule has 2 aromatic carbocycles. The molecular weight excluding hydrogens is 456 g/mol. The minimum absolute atomic E-state index is 0.0164. The van der Waals surface area contributed by atoms with Gasteiger partial charge in [-0.05, 0) is 43.2 Å². The number of hydrogen-bond acceptors (Lipinski definition) is 7. The number of halogens is 1. The molecular formula is C25H23ClN4O4. The largest absolute Gasteiger partial charge is 0.457 e. The lowest BCUT2D eigenvalue weighted by atomic mass is 10.0. The van der Waals surface area contributed by atoms with E-state index in [0.29, 0.717) is 40.4 Å². The van der Waals surface area contributed by atoms with Crippen LogP contribution < -0.4 is 10.1 Å². The van der Waals surface area contributed by atoms with Gasteiger partial charge in [0.2, 0.25) is 5.78 Å². The second-order valence-corrected chi connectivity index (χ2v) is 8.51. The number of anilines is 1. The molecule has 2 aromatic heterocycles. The first-order chi connectivity index (χ1) is 16.6. The van der Waals surface area contributed by atoms with Crippen LogP contribution in [0.2, 0.25) is 5.02 Å². The molecule has 1 aliphatic rings. The average Bonchev–Trinajstić information content (AvgIpc) is 3.30. The summed E-state index contributed by atoms with van der Waals surface area (Å²) in [5.41, 5.74) is 1.79. The fraction of sp³-hybridized carbons (Fsp3) is 0.240. The van der Waals surface area contributed by atoms with Gasteiger partial charge in [0, 0.05) is 29.6 Å². The lowest BCUT2D eigenvalue weighted by Crippen LogP contribution is -2.36. The van der Waals surface area contributed by atoms with Crippen molar-refractivity contribution in [3.05, 3.63) is 77.1 Å². The zero-order valence-electron chi connectivity index (χ0n) is 18.2. The highest BCUT2D eigenvalue weighted by atomic mass is 35.5. The number of H-pyrrole nitrogens is 1. The van der Waals surface area contributed by atoms with Gasteiger partial charge in [0.1, 0.15) is 17.2 Å². The van der Waals surface area contributed by atoms with Gasteiger partial charge in [-0.3, -0.25) is 9.89 Å². The molecule has 3 heterocycles. The molecule has 3 N–H and O–H groups in total. The Morgan fingerprint density at radius 3 is 2.76 bits per heavy atom. The van der Waals surface area contributed by atoms with Crippen molar-refractivity contribution in [2.24, 2.45) is 0 Å². The number of carbonyl (C=O) groups excluding carboxylic acids is 1. The van der Waals surface area contributed by atoms with E-state index in [1.807, 2.05) is 36.4 Å². The second-order valence-electron chi connectivity index (χ2n) is 8.10. The van der Waals surface area contributed by atoms with Crippen LogP contribution in [0.1, 0.15) is 28.9 Å². The summed E-state index contributed by atoms with van der Waals surface area (Å²) in [4.78, 5) is 17.7. The molecule has 0 amide bonds. The van der Waals surface area contributed by atoms with E-state index < -0.39 is 0 Å². The molecule has 0 spiro atoms. The maximum atomic E-state index is 13.4. The number of aliphatic hydroxyl groups is 1. The smallest absolute Gasteiger partial charge is 0.213 e. The predicted octanol–water partition coefficient (Wildman–Crippen LogP) is 4.59. The van der Waals surface area contributed by atoms with Gasteiger partial charge in [0.15, 0.2) is 5.65 Å². The van der Waals surface area contributed by atoms with Gasteiger partial charge in [-0.25, -0.2) is 4.98 Å². The number of hydrogen-bond donors (Lipinski definition) is 3. The molecule has 8 nitrogen and oxygen atoms in total. The van der Waals surface area contributed by atoms with Crippen molar-refractivity contribution >= 4 is 34.1 Å². The summed E-state index contributed by atoms with van der Waals surface area (Å²) >= 11 is 6.48. The SMILES string of the molecule is O=C(c1ccc(Oc2ccccc2)cc1Cl)c1[nH]nc2nccc(N[C@@H]3CC[C@@H](CO)OC3)c12. The van der Waals surface area contributed by atoms with Crippen molar-refractivity contribution in [1.82, 2.24) is 15.2 Å². The Kier molecular flexibility index (Phi) is 6.44. The normalized spacial score (nSPS) is 18.1. The van der Waals surface area contributed by atoms with Crippen LogP contribution in [0.25, 0.3) is 11.0 Å². The van der Waals surface area contributed by atoms with Gasteiger partial charge < -0.3 is 19.9 Å². The third kappa shape index (κ3) is 4.61. The van der Waals surface area contributed by atoms with E-state index in [1.54, 1.807) is 24.4 Å². The minimum atomic E-state index is -0.296. The van der Waals surface area contributed by atoms with Gasteiger partial charge in [-0.1, -0.05) is 29.8 Å². The van der Waals surface area contributed by atoms with Crippen LogP contribution in [-0.4, -0.2) is 51.4 Å². The van der Waals surface area contributed by atoms with Crippen molar-refractivity contribution in [2.75, 3.05) is 18.5 Å². The van der Waals surface area contributed by atoms with Gasteiger partial charge >= 0.3 is 0 Å². The van der Waals surface area contributed by atoms with Gasteiger partial charge in [-0.15, -0.1) is 0 Å². The number of benzene rings is 2. The maximum Gasteiger partial charge on any atom is 0.213 e. The molecule has 5 rings (SSSR count). The highest BCUT2D eigenvalue weighted by Crippen LogP contribution is 2.31. The maximum absolute atomic E-state index is 13.4. The molecule has 0 saturated carbocycles. The van der Waals surface area contributed by atoms with E-state index in [2.05, 4.69) is 20.5 Å². The van der Waals surface area contributed by atoms with Gasteiger partial charge in [0.25, 0.3) is 0 Å². The Morgan fingerprint density at radius 2 is 2.03 bits per heavy atom. The Labute approximate surface area is 200 Å². The van der Waals surface area contributed by atoms with E-state index in [-0.39, 0.29) is 29.6 Å². The number of nitrogens with zero attached hydrogens (tertiary/aromatic N) is 2. The number of fused-ring (bicyclic) bond motifs is 1. The number of para-hydroxylation sites is 1. The lowest BCUT2D eigenvalue weighted by Gasteiger charge is -2.29. The van der Waals surface area contributed by atoms with Crippen molar-refractivity contribution < 1.29 is 19.4 Å². The summed E-state index contributed by atoms with van der Waals surface area (Å²) in [7, 11) is 0. The van der Waals surface area contributed by atoms with Gasteiger partial charge in [0.05, 0.1) is 29.7 Å². The molecule has 2 atom stereocenters. The highest BCUT2D eigenvalue weighted by Gasteiger charge is 2.25. The van der Waals surface area contributed by atoms with E-state index in [0.717, 1.165) is 18.5 Å². The molecule has 1 saturated heterocycles. The van der Waals surface area contributed by atoms with Crippen molar-refractivity contribution in [3.63, 3.8) is 0 Å². The number of rotatable bonds is 7. The summed E-state index contributed by atoms with van der Waals surface area (Å²) in [6, 6.07) is 16.2. The molecule has 0 radical (unpaired) electrons. The topological polar surface area (TPSA) is 109 Å². The number of aromatic nitrogens is 3. The molecule has 1 fully saturated rings. The summed E-state index contributed by atoms with van der Waals surface area (Å²) in [6.07, 6.45) is 3.11. The van der Waals surface area contributed by atoms with Crippen LogP contribution in [0.5, 0.6) is 11.5 Å². The monoisotopic (exact) mass is 478 g/mol. The summed E-state index contributed by atoms with van der Waals surface area (Å²) in [5, 5.41) is 20.6. The average molecular weight is 479 g/mol. The lowest BCUT2D eigenvalue weighted by molar-refractivity contribution is -0.0223. The van der Waals surface area contributed by atoms with Crippen LogP contribution in [0.4, 0.5) is 5.69 Å². The number of ketones is 1. The first-order valence-electron chi connectivity index (χ1n) is 11.0. The highest BCUT2D eigenvalue weighted by molar-refractivity contribution is 6.35. The predicted molar refractivity (Wildman–Crippen MR) is 129 cm³/mol. The van der Waals surface area contributed by atoms with E-state index in [4.69, 9.17) is 21.1 Å². The Bertz CT molecular complexity index is 1300. The molecule has 9 heteroatoms. The van der Waals surface area contributed by atoms with E-state index >= 15 is 0 Å². The number of aromatic amines is 1. The molecule has 0 unspecified atom stereocenters. The van der Waals surface area contributed by atoms with E-state index in [1.165, 1.54) is 0 Å². The summed E-state index contributed by atoms with van der Waals surface area (Å²) in [5.74, 6) is 0.913. The van der Waals surface area contributed by atoms with Gasteiger partial charge in [-0.2, -0.15) is 5.10 Å². The standard InChI is InChI=1S/C25H23ClN4O4/c26-20-12-17(34-16-4-2-1-3-5-16)8-9-19(20)24(32)23-22-21(10-11-27-25(22)30-29-23)28-15-6-7-18(13-31)33-14-15/h1-5,8-12,15,18,31H,6-7,13-14H2,(H2,27,28,29,30)/t15-,18+/m1/s1. The zero-order chi connectivity index (χ0) is 23.5. The first-order valence-corrected chi connectivity index (χ1v) is 11.4. The number of nitrogens with one attached hydrogen (secondary N) is 2. The van der Waals surface area contributed by atoms with E-state index in [9.17, 15) is 9.90 Å². The fourth-order valence-corrected chi connectivity index (χ4v) is 4.27. The van der Waals surface area contributed by atoms with Crippen LogP contribution in [0, 0.1) is 0 Å². The Hall–Kier alpha value is -3.46. The number of pyridine rings is 1. The Balaban J connectivity index is 1.40. The second kappa shape index (κ2) is 9.80. The molecule has 0 aliphatic carbocycles. The van der Waals surface area contributed by atoms with Crippen LogP contribution in [0.15, 0.2) is 60.8 Å². The van der Waals surface area contributed by atoms with Crippen molar-refractivity contribution in [2.45, 2.75) is 25.0 Å². The molecule has 34 heavy (non-hydrogen) atoms. The quantitative estimate of drug-likeness (QED) is 0.333.